The zero-order valence-electron chi connectivity index (χ0n) is 10.3. The first-order valence-corrected chi connectivity index (χ1v) is 8.61. The molecule has 0 unspecified atom stereocenters. The van der Waals surface area contributed by atoms with Crippen LogP contribution in [-0.2, 0) is 9.47 Å². The van der Waals surface area contributed by atoms with Gasteiger partial charge in [-0.1, -0.05) is 0 Å². The third-order valence-electron chi connectivity index (χ3n) is 2.25. The molecular formula is C12H26O2Sn. The molecule has 0 aromatic rings. The summed E-state index contributed by atoms with van der Waals surface area (Å²) in [5.74, 6) is 0. The minimum absolute atomic E-state index is 0.0653. The van der Waals surface area contributed by atoms with Crippen molar-refractivity contribution in [3.05, 3.63) is 0 Å². The van der Waals surface area contributed by atoms with E-state index in [9.17, 15) is 0 Å². The van der Waals surface area contributed by atoms with Crippen molar-refractivity contribution in [1.82, 2.24) is 0 Å². The normalized spacial score (nSPS) is 11.2. The van der Waals surface area contributed by atoms with E-state index in [4.69, 9.17) is 9.47 Å². The Morgan fingerprint density at radius 3 is 1.87 bits per heavy atom. The molecule has 0 aliphatic rings. The van der Waals surface area contributed by atoms with Crippen LogP contribution in [0.5, 0.6) is 0 Å². The van der Waals surface area contributed by atoms with Crippen molar-refractivity contribution in [1.29, 1.82) is 0 Å². The van der Waals surface area contributed by atoms with Crippen molar-refractivity contribution in [2.75, 3.05) is 13.2 Å². The molecule has 0 aliphatic carbocycles. The first-order chi connectivity index (χ1) is 7.35. The van der Waals surface area contributed by atoms with Crippen molar-refractivity contribution in [3.63, 3.8) is 0 Å². The van der Waals surface area contributed by atoms with Gasteiger partial charge in [-0.05, 0) is 0 Å². The van der Waals surface area contributed by atoms with Crippen molar-refractivity contribution in [2.24, 2.45) is 0 Å². The number of unbranched alkanes of at least 4 members (excludes halogenated alkanes) is 2. The average Bonchev–Trinajstić information content (AvgIpc) is 2.25. The van der Waals surface area contributed by atoms with E-state index in [0.717, 1.165) is 32.5 Å². The molecule has 0 fully saturated rings. The summed E-state index contributed by atoms with van der Waals surface area (Å²) in [7, 11) is 0. The van der Waals surface area contributed by atoms with Crippen molar-refractivity contribution < 1.29 is 9.47 Å². The van der Waals surface area contributed by atoms with Crippen LogP contribution in [0.15, 0.2) is 0 Å². The van der Waals surface area contributed by atoms with Crippen molar-refractivity contribution in [3.8, 4) is 0 Å². The van der Waals surface area contributed by atoms with Crippen LogP contribution < -0.4 is 0 Å². The maximum atomic E-state index is 5.72. The fourth-order valence-corrected chi connectivity index (χ4v) is 1.89. The Morgan fingerprint density at radius 1 is 0.933 bits per heavy atom. The van der Waals surface area contributed by atoms with E-state index in [1.165, 1.54) is 46.2 Å². The second-order valence-corrected chi connectivity index (χ2v) is 5.46. The molecule has 2 nitrogen and oxygen atoms in total. The van der Waals surface area contributed by atoms with E-state index in [1.54, 1.807) is 0 Å². The number of rotatable bonds is 11. The molecule has 0 aromatic heterocycles. The summed E-state index contributed by atoms with van der Waals surface area (Å²) in [6.45, 7) is 6.09. The molecule has 0 N–H and O–H groups in total. The molecule has 15 heavy (non-hydrogen) atoms. The van der Waals surface area contributed by atoms with Gasteiger partial charge in [-0.25, -0.2) is 0 Å². The van der Waals surface area contributed by atoms with Gasteiger partial charge >= 0.3 is 108 Å². The van der Waals surface area contributed by atoms with Gasteiger partial charge in [-0.15, -0.1) is 0 Å². The van der Waals surface area contributed by atoms with Crippen LogP contribution in [0.2, 0.25) is 4.44 Å². The van der Waals surface area contributed by atoms with Gasteiger partial charge in [0.05, 0.1) is 0 Å². The summed E-state index contributed by atoms with van der Waals surface area (Å²) in [4.78, 5) is 0. The van der Waals surface area contributed by atoms with Gasteiger partial charge in [0.1, 0.15) is 0 Å². The quantitative estimate of drug-likeness (QED) is 0.331. The van der Waals surface area contributed by atoms with Gasteiger partial charge in [0.15, 0.2) is 0 Å². The Hall–Kier alpha value is 0.719. The molecule has 0 aromatic carbocycles. The summed E-state index contributed by atoms with van der Waals surface area (Å²) in [6.07, 6.45) is 7.08. The summed E-state index contributed by atoms with van der Waals surface area (Å²) in [5.41, 5.74) is 0. The SMILES string of the molecule is CCCCOC(CC[CH2][SnH])OCCCC. The minimum atomic E-state index is 0.0653. The van der Waals surface area contributed by atoms with Crippen LogP contribution in [0.1, 0.15) is 52.4 Å². The Morgan fingerprint density at radius 2 is 1.47 bits per heavy atom. The van der Waals surface area contributed by atoms with E-state index >= 15 is 0 Å². The van der Waals surface area contributed by atoms with E-state index in [-0.39, 0.29) is 6.29 Å². The Bertz CT molecular complexity index is 110. The molecule has 2 radical (unpaired) electrons. The second kappa shape index (κ2) is 12.8. The van der Waals surface area contributed by atoms with Gasteiger partial charge in [0.2, 0.25) is 0 Å². The van der Waals surface area contributed by atoms with Crippen LogP contribution in [0.4, 0.5) is 0 Å². The number of hydrogen-bond acceptors (Lipinski definition) is 2. The fourth-order valence-electron chi connectivity index (χ4n) is 1.22. The maximum absolute atomic E-state index is 5.72. The molecule has 3 heteroatoms. The van der Waals surface area contributed by atoms with Crippen LogP contribution >= 0.6 is 0 Å². The van der Waals surface area contributed by atoms with Gasteiger partial charge in [0.25, 0.3) is 0 Å². The standard InChI is InChI=1S/C12H25O2.Sn.H/c1-4-7-10-13-12(9-6-3)14-11-8-5-2;;/h12H,3-11H2,1-2H3;;. The van der Waals surface area contributed by atoms with Crippen molar-refractivity contribution in [2.45, 2.75) is 63.1 Å². The van der Waals surface area contributed by atoms with Gasteiger partial charge < -0.3 is 0 Å². The first kappa shape index (κ1) is 15.7. The average molecular weight is 321 g/mol. The number of hydrogen-bond donors (Lipinski definition) is 0. The molecule has 0 spiro atoms. The zero-order chi connectivity index (χ0) is 11.4. The van der Waals surface area contributed by atoms with E-state index in [2.05, 4.69) is 13.8 Å². The topological polar surface area (TPSA) is 18.5 Å². The van der Waals surface area contributed by atoms with Crippen LogP contribution in [0.3, 0.4) is 0 Å². The predicted octanol–water partition coefficient (Wildman–Crippen LogP) is 3.05. The molecular weight excluding hydrogens is 295 g/mol. The first-order valence-electron chi connectivity index (χ1n) is 6.28. The molecule has 0 atom stereocenters. The van der Waals surface area contributed by atoms with Crippen LogP contribution in [0.25, 0.3) is 0 Å². The second-order valence-electron chi connectivity index (χ2n) is 3.81. The summed E-state index contributed by atoms with van der Waals surface area (Å²) >= 11 is 1.35. The monoisotopic (exact) mass is 322 g/mol. The Labute approximate surface area is 108 Å². The van der Waals surface area contributed by atoms with Crippen LogP contribution in [0, 0.1) is 0 Å². The molecule has 0 rings (SSSR count). The molecule has 0 heterocycles. The Kier molecular flexibility index (Phi) is 13.4. The van der Waals surface area contributed by atoms with Gasteiger partial charge in [-0.3, -0.25) is 0 Å². The number of ether oxygens (including phenoxy) is 2. The molecule has 0 bridgehead atoms. The summed E-state index contributed by atoms with van der Waals surface area (Å²) in [5, 5.41) is 0. The Balaban J connectivity index is 3.53. The van der Waals surface area contributed by atoms with E-state index in [1.807, 2.05) is 0 Å². The third kappa shape index (κ3) is 11.0. The molecule has 0 saturated heterocycles. The molecule has 0 amide bonds. The fraction of sp³-hybridized carbons (Fsp3) is 1.00. The van der Waals surface area contributed by atoms with E-state index in [0.29, 0.717) is 0 Å². The van der Waals surface area contributed by atoms with Gasteiger partial charge in [-0.2, -0.15) is 0 Å². The van der Waals surface area contributed by atoms with Crippen LogP contribution in [-0.4, -0.2) is 42.0 Å². The third-order valence-corrected chi connectivity index (χ3v) is 3.41. The molecule has 0 aliphatic heterocycles. The van der Waals surface area contributed by atoms with Crippen molar-refractivity contribution >= 4 is 22.5 Å². The van der Waals surface area contributed by atoms with Gasteiger partial charge in [0, 0.05) is 0 Å². The predicted molar refractivity (Wildman–Crippen MR) is 66.7 cm³/mol. The zero-order valence-corrected chi connectivity index (χ0v) is 13.6. The molecule has 0 saturated carbocycles. The summed E-state index contributed by atoms with van der Waals surface area (Å²) < 4.78 is 12.8. The summed E-state index contributed by atoms with van der Waals surface area (Å²) in [6, 6.07) is 0. The van der Waals surface area contributed by atoms with E-state index < -0.39 is 0 Å². The molecule has 90 valence electrons.